The number of nitrogens with zero attached hydrogens (tertiary/aromatic N) is 4. The first-order chi connectivity index (χ1) is 18.4. The van der Waals surface area contributed by atoms with E-state index < -0.39 is 35.0 Å². The van der Waals surface area contributed by atoms with Gasteiger partial charge in [-0.2, -0.15) is 18.2 Å². The van der Waals surface area contributed by atoms with Gasteiger partial charge in [0.05, 0.1) is 30.0 Å². The van der Waals surface area contributed by atoms with Crippen LogP contribution in [0.2, 0.25) is 0 Å². The number of rotatable bonds is 7. The quantitative estimate of drug-likeness (QED) is 0.332. The van der Waals surface area contributed by atoms with Crippen molar-refractivity contribution in [3.63, 3.8) is 0 Å². The molecule has 1 fully saturated rings. The molecule has 1 aromatic heterocycles. The van der Waals surface area contributed by atoms with Gasteiger partial charge in [0, 0.05) is 32.2 Å². The molecule has 0 radical (unpaired) electrons. The van der Waals surface area contributed by atoms with E-state index in [4.69, 9.17) is 0 Å². The topological polar surface area (TPSA) is 135 Å². The van der Waals surface area contributed by atoms with Crippen LogP contribution in [-0.4, -0.2) is 72.8 Å². The number of hydrogen-bond acceptors (Lipinski definition) is 9. The maximum absolute atomic E-state index is 13.4. The molecule has 10 nitrogen and oxygen atoms in total. The number of fused-ring (bicyclic) bond motifs is 1. The lowest BCUT2D eigenvalue weighted by atomic mass is 10.0. The predicted molar refractivity (Wildman–Crippen MR) is 138 cm³/mol. The van der Waals surface area contributed by atoms with E-state index in [1.807, 2.05) is 4.90 Å². The number of aliphatic hydroxyl groups is 1. The number of anilines is 1. The molecule has 0 spiro atoms. The molecular formula is C25H28F3N5O5S. The molecule has 3 heterocycles. The van der Waals surface area contributed by atoms with Crippen molar-refractivity contribution >= 4 is 22.4 Å². The van der Waals surface area contributed by atoms with E-state index in [0.717, 1.165) is 5.56 Å². The van der Waals surface area contributed by atoms with Crippen LogP contribution in [0.4, 0.5) is 18.9 Å². The minimum atomic E-state index is -4.77. The van der Waals surface area contributed by atoms with Gasteiger partial charge in [-0.1, -0.05) is 35.5 Å². The second-order valence-electron chi connectivity index (χ2n) is 9.85. The Kier molecular flexibility index (Phi) is 7.33. The fraction of sp³-hybridized carbons (Fsp3) is 0.400. The smallest absolute Gasteiger partial charge is 0.392 e. The summed E-state index contributed by atoms with van der Waals surface area (Å²) in [5.74, 6) is -1.76. The number of carbonyl (C=O) groups is 1. The standard InChI is InChI=1S/C25H28F3N5O5S/c1-32(22(35)10-15-5-6-18-14-39(36,37)31-20(18)9-15)21(13-33-8-7-19(34)12-33)16-3-2-4-17(11-16)23-29-24(38-30-23)25(26,27)28/h2-6,9,11,19,21,31,34,36-37H,7-8,10,12-14H2,1H3/t19-,21+/m0/s1. The molecule has 3 aromatic rings. The molecule has 1 amide bonds. The van der Waals surface area contributed by atoms with E-state index in [9.17, 15) is 32.2 Å². The van der Waals surface area contributed by atoms with Crippen molar-refractivity contribution in [3.05, 3.63) is 65.0 Å². The molecule has 0 saturated carbocycles. The Hall–Kier alpha value is -3.17. The van der Waals surface area contributed by atoms with Gasteiger partial charge in [0.1, 0.15) is 0 Å². The maximum Gasteiger partial charge on any atom is 0.471 e. The fourth-order valence-electron chi connectivity index (χ4n) is 4.87. The lowest BCUT2D eigenvalue weighted by Gasteiger charge is -2.32. The highest BCUT2D eigenvalue weighted by Crippen LogP contribution is 2.50. The molecule has 5 rings (SSSR count). The van der Waals surface area contributed by atoms with Crippen molar-refractivity contribution < 1.29 is 36.7 Å². The summed E-state index contributed by atoms with van der Waals surface area (Å²) in [4.78, 5) is 20.5. The highest BCUT2D eigenvalue weighted by Gasteiger charge is 2.38. The monoisotopic (exact) mass is 567 g/mol. The van der Waals surface area contributed by atoms with E-state index >= 15 is 0 Å². The molecule has 14 heteroatoms. The van der Waals surface area contributed by atoms with Crippen LogP contribution in [0.15, 0.2) is 47.0 Å². The molecule has 0 bridgehead atoms. The first-order valence-electron chi connectivity index (χ1n) is 12.2. The third kappa shape index (κ3) is 6.20. The van der Waals surface area contributed by atoms with E-state index in [-0.39, 0.29) is 23.9 Å². The largest absolute Gasteiger partial charge is 0.471 e. The number of benzene rings is 2. The van der Waals surface area contributed by atoms with Gasteiger partial charge in [-0.05, 0) is 35.2 Å². The number of carbonyl (C=O) groups excluding carboxylic acids is 1. The second-order valence-corrected chi connectivity index (χ2v) is 11.7. The molecule has 2 aliphatic heterocycles. The lowest BCUT2D eigenvalue weighted by Crippen LogP contribution is -2.39. The zero-order chi connectivity index (χ0) is 27.9. The summed E-state index contributed by atoms with van der Waals surface area (Å²) in [6, 6.07) is 11.4. The third-order valence-corrected chi connectivity index (χ3v) is 8.16. The number of hydrogen-bond donors (Lipinski definition) is 4. The van der Waals surface area contributed by atoms with Crippen molar-refractivity contribution in [2.45, 2.75) is 36.9 Å². The summed E-state index contributed by atoms with van der Waals surface area (Å²) in [5.41, 5.74) is 3.00. The van der Waals surface area contributed by atoms with Crippen LogP contribution in [0, 0.1) is 0 Å². The van der Waals surface area contributed by atoms with Crippen LogP contribution in [0.3, 0.4) is 0 Å². The van der Waals surface area contributed by atoms with Crippen LogP contribution < -0.4 is 4.72 Å². The van der Waals surface area contributed by atoms with Gasteiger partial charge in [0.25, 0.3) is 0 Å². The molecule has 4 N–H and O–H groups in total. The van der Waals surface area contributed by atoms with Crippen molar-refractivity contribution in [3.8, 4) is 11.4 Å². The van der Waals surface area contributed by atoms with E-state index in [2.05, 4.69) is 19.4 Å². The number of amides is 1. The average Bonchev–Trinajstić information content (AvgIpc) is 3.59. The number of alkyl halides is 3. The first kappa shape index (κ1) is 27.4. The van der Waals surface area contributed by atoms with Crippen molar-refractivity contribution in [2.75, 3.05) is 31.4 Å². The normalized spacial score (nSPS) is 20.3. The van der Waals surface area contributed by atoms with Crippen LogP contribution >= 0.6 is 10.8 Å². The first-order valence-corrected chi connectivity index (χ1v) is 13.9. The van der Waals surface area contributed by atoms with Gasteiger partial charge in [-0.3, -0.25) is 23.5 Å². The van der Waals surface area contributed by atoms with Crippen LogP contribution in [-0.2, 0) is 23.1 Å². The number of aromatic nitrogens is 2. The Bertz CT molecular complexity index is 1370. The molecule has 0 unspecified atom stereocenters. The van der Waals surface area contributed by atoms with Crippen LogP contribution in [0.1, 0.15) is 35.0 Å². The summed E-state index contributed by atoms with van der Waals surface area (Å²) in [7, 11) is -1.26. The summed E-state index contributed by atoms with van der Waals surface area (Å²) in [6.07, 6.45) is -4.58. The predicted octanol–water partition coefficient (Wildman–Crippen LogP) is 4.16. The Morgan fingerprint density at radius 2 is 2.08 bits per heavy atom. The molecule has 1 saturated heterocycles. The van der Waals surface area contributed by atoms with Crippen molar-refractivity contribution in [2.24, 2.45) is 0 Å². The molecule has 2 aliphatic rings. The van der Waals surface area contributed by atoms with Crippen molar-refractivity contribution in [1.82, 2.24) is 19.9 Å². The van der Waals surface area contributed by atoms with Crippen molar-refractivity contribution in [1.29, 1.82) is 0 Å². The maximum atomic E-state index is 13.4. The van der Waals surface area contributed by atoms with E-state index in [1.165, 1.54) is 0 Å². The van der Waals surface area contributed by atoms with Gasteiger partial charge in [0.2, 0.25) is 11.7 Å². The second kappa shape index (κ2) is 10.4. The Labute approximate surface area is 223 Å². The lowest BCUT2D eigenvalue weighted by molar-refractivity contribution is -0.159. The minimum Gasteiger partial charge on any atom is -0.392 e. The Morgan fingerprint density at radius 3 is 2.77 bits per heavy atom. The zero-order valence-electron chi connectivity index (χ0n) is 20.9. The molecule has 2 atom stereocenters. The highest BCUT2D eigenvalue weighted by molar-refractivity contribution is 8.25. The minimum absolute atomic E-state index is 0.0449. The van der Waals surface area contributed by atoms with Gasteiger partial charge >= 0.3 is 12.1 Å². The fourth-order valence-corrected chi connectivity index (χ4v) is 6.17. The van der Waals surface area contributed by atoms with Gasteiger partial charge in [-0.25, -0.2) is 0 Å². The third-order valence-electron chi connectivity index (χ3n) is 6.90. The number of aliphatic hydroxyl groups excluding tert-OH is 1. The average molecular weight is 568 g/mol. The number of β-amino-alcohol motifs (C(OH)–C–C–N with tert-alkyl or cyclic N) is 1. The van der Waals surface area contributed by atoms with Crippen LogP contribution in [0.25, 0.3) is 11.4 Å². The van der Waals surface area contributed by atoms with Gasteiger partial charge in [-0.15, -0.1) is 10.8 Å². The zero-order valence-corrected chi connectivity index (χ0v) is 21.7. The van der Waals surface area contributed by atoms with Crippen LogP contribution in [0.5, 0.6) is 0 Å². The Balaban J connectivity index is 1.39. The molecule has 39 heavy (non-hydrogen) atoms. The molecule has 210 valence electrons. The molecular weight excluding hydrogens is 539 g/mol. The number of halogens is 3. The summed E-state index contributed by atoms with van der Waals surface area (Å²) < 4.78 is 65.9. The number of likely N-dealkylation sites (tertiary alicyclic amines) is 1. The summed E-state index contributed by atoms with van der Waals surface area (Å²) >= 11 is 0. The highest BCUT2D eigenvalue weighted by atomic mass is 32.3. The van der Waals surface area contributed by atoms with Gasteiger partial charge in [0.15, 0.2) is 0 Å². The Morgan fingerprint density at radius 1 is 1.28 bits per heavy atom. The van der Waals surface area contributed by atoms with Gasteiger partial charge < -0.3 is 14.5 Å². The summed E-state index contributed by atoms with van der Waals surface area (Å²) in [6.45, 7) is 1.48. The molecule has 2 aromatic carbocycles. The number of nitrogens with one attached hydrogen (secondary N) is 1. The molecule has 0 aliphatic carbocycles. The SMILES string of the molecule is CN(C(=O)Cc1ccc2c(c1)NS(O)(O)C2)[C@H](CN1CC[C@H](O)C1)c1cccc(-c2noc(C(F)(F)F)n2)c1. The summed E-state index contributed by atoms with van der Waals surface area (Å²) in [5, 5.41) is 13.5. The number of likely N-dealkylation sites (N-methyl/N-ethyl adjacent to an activating group) is 1. The van der Waals surface area contributed by atoms with E-state index in [1.54, 1.807) is 54.4 Å². The van der Waals surface area contributed by atoms with E-state index in [0.29, 0.717) is 48.4 Å².